The summed E-state index contributed by atoms with van der Waals surface area (Å²) in [6, 6.07) is 3.39. The third-order valence-corrected chi connectivity index (χ3v) is 4.22. The number of rotatable bonds is 4. The molecule has 0 aromatic carbocycles. The molecule has 5 heteroatoms. The molecule has 1 aromatic heterocycles. The molecule has 0 saturated heterocycles. The van der Waals surface area contributed by atoms with Crippen LogP contribution in [0, 0.1) is 0 Å². The topological polar surface area (TPSA) is 73.1 Å². The van der Waals surface area contributed by atoms with Crippen molar-refractivity contribution in [3.8, 4) is 0 Å². The van der Waals surface area contributed by atoms with Gasteiger partial charge in [0, 0.05) is 18.9 Å². The minimum atomic E-state index is -3.12. The van der Waals surface area contributed by atoms with E-state index in [9.17, 15) is 8.42 Å². The van der Waals surface area contributed by atoms with Gasteiger partial charge in [0.2, 0.25) is 0 Å². The van der Waals surface area contributed by atoms with Gasteiger partial charge in [-0.25, -0.2) is 8.42 Å². The van der Waals surface area contributed by atoms with Crippen LogP contribution in [0.25, 0.3) is 0 Å². The fourth-order valence-corrected chi connectivity index (χ4v) is 2.23. The maximum absolute atomic E-state index is 11.6. The fourth-order valence-electron chi connectivity index (χ4n) is 1.00. The normalized spacial score (nSPS) is 13.9. The van der Waals surface area contributed by atoms with E-state index < -0.39 is 15.1 Å². The van der Waals surface area contributed by atoms with Crippen molar-refractivity contribution in [2.75, 3.05) is 6.54 Å². The molecule has 4 nitrogen and oxygen atoms in total. The molecule has 0 aliphatic heterocycles. The highest BCUT2D eigenvalue weighted by Gasteiger charge is 2.19. The largest absolute Gasteiger partial charge is 0.329 e. The molecule has 1 atom stereocenters. The molecule has 0 saturated carbocycles. The van der Waals surface area contributed by atoms with Gasteiger partial charge in [0.05, 0.1) is 11.0 Å². The number of sulfone groups is 1. The van der Waals surface area contributed by atoms with E-state index >= 15 is 0 Å². The van der Waals surface area contributed by atoms with E-state index in [1.54, 1.807) is 31.5 Å². The fraction of sp³-hybridized carbons (Fsp3) is 0.444. The number of hydrogen-bond acceptors (Lipinski definition) is 4. The summed E-state index contributed by atoms with van der Waals surface area (Å²) >= 11 is 0. The number of hydrogen-bond donors (Lipinski definition) is 1. The van der Waals surface area contributed by atoms with Crippen LogP contribution in [-0.4, -0.2) is 25.2 Å². The Morgan fingerprint density at radius 2 is 2.00 bits per heavy atom. The van der Waals surface area contributed by atoms with Gasteiger partial charge in [-0.2, -0.15) is 0 Å². The van der Waals surface area contributed by atoms with Crippen LogP contribution in [0.5, 0.6) is 0 Å². The zero-order chi connectivity index (χ0) is 10.6. The van der Waals surface area contributed by atoms with Gasteiger partial charge < -0.3 is 5.73 Å². The molecule has 1 unspecified atom stereocenters. The summed E-state index contributed by atoms with van der Waals surface area (Å²) in [6.45, 7) is 1.78. The summed E-state index contributed by atoms with van der Waals surface area (Å²) in [5, 5.41) is -0.490. The lowest BCUT2D eigenvalue weighted by atomic mass is 10.3. The second-order valence-corrected chi connectivity index (χ2v) is 5.63. The molecule has 0 radical (unpaired) electrons. The first kappa shape index (κ1) is 11.1. The molecule has 0 spiro atoms. The van der Waals surface area contributed by atoms with Crippen molar-refractivity contribution in [1.82, 2.24) is 4.98 Å². The lowest BCUT2D eigenvalue weighted by Gasteiger charge is -2.09. The van der Waals surface area contributed by atoms with Gasteiger partial charge in [0.15, 0.2) is 9.84 Å². The highest BCUT2D eigenvalue weighted by molar-refractivity contribution is 7.91. The Morgan fingerprint density at radius 1 is 1.43 bits per heavy atom. The molecule has 0 aliphatic carbocycles. The van der Waals surface area contributed by atoms with Crippen molar-refractivity contribution >= 4 is 9.84 Å². The van der Waals surface area contributed by atoms with Crippen LogP contribution >= 0.6 is 0 Å². The third-order valence-electron chi connectivity index (χ3n) is 2.06. The average molecular weight is 214 g/mol. The maximum Gasteiger partial charge on any atom is 0.158 e. The van der Waals surface area contributed by atoms with Crippen LogP contribution < -0.4 is 5.73 Å². The van der Waals surface area contributed by atoms with Gasteiger partial charge in [-0.3, -0.25) is 4.98 Å². The Labute approximate surface area is 84.1 Å². The summed E-state index contributed by atoms with van der Waals surface area (Å²) in [4.78, 5) is 3.82. The lowest BCUT2D eigenvalue weighted by Crippen LogP contribution is -2.27. The predicted molar refractivity (Wildman–Crippen MR) is 55.4 cm³/mol. The minimum absolute atomic E-state index is 0.0356. The molecule has 0 amide bonds. The number of nitrogens with zero attached hydrogens (tertiary/aromatic N) is 1. The average Bonchev–Trinajstić information content (AvgIpc) is 2.17. The molecule has 1 heterocycles. The predicted octanol–water partition coefficient (Wildman–Crippen LogP) is 0.344. The Kier molecular flexibility index (Phi) is 3.60. The molecule has 0 fully saturated rings. The third kappa shape index (κ3) is 2.78. The van der Waals surface area contributed by atoms with Crippen LogP contribution in [0.1, 0.15) is 12.5 Å². The molecular formula is C9H14N2O2S. The molecule has 0 bridgehead atoms. The van der Waals surface area contributed by atoms with E-state index in [-0.39, 0.29) is 12.3 Å². The first-order chi connectivity index (χ1) is 6.56. The van der Waals surface area contributed by atoms with Gasteiger partial charge >= 0.3 is 0 Å². The quantitative estimate of drug-likeness (QED) is 0.784. The van der Waals surface area contributed by atoms with Gasteiger partial charge in [-0.05, 0) is 24.6 Å². The van der Waals surface area contributed by atoms with Crippen LogP contribution in [0.4, 0.5) is 0 Å². The molecule has 14 heavy (non-hydrogen) atoms. The van der Waals surface area contributed by atoms with Crippen molar-refractivity contribution < 1.29 is 8.42 Å². The van der Waals surface area contributed by atoms with E-state index in [2.05, 4.69) is 4.98 Å². The highest BCUT2D eigenvalue weighted by Crippen LogP contribution is 2.09. The zero-order valence-corrected chi connectivity index (χ0v) is 8.87. The van der Waals surface area contributed by atoms with E-state index in [1.165, 1.54) is 0 Å². The summed E-state index contributed by atoms with van der Waals surface area (Å²) in [7, 11) is -3.12. The Morgan fingerprint density at radius 3 is 2.50 bits per heavy atom. The van der Waals surface area contributed by atoms with Crippen molar-refractivity contribution in [3.63, 3.8) is 0 Å². The number of aromatic nitrogens is 1. The first-order valence-corrected chi connectivity index (χ1v) is 6.08. The van der Waals surface area contributed by atoms with E-state index in [1.807, 2.05) is 0 Å². The lowest BCUT2D eigenvalue weighted by molar-refractivity contribution is 0.583. The summed E-state index contributed by atoms with van der Waals surface area (Å²) in [6.07, 6.45) is 3.16. The molecule has 1 rings (SSSR count). The maximum atomic E-state index is 11.6. The van der Waals surface area contributed by atoms with Gasteiger partial charge in [0.1, 0.15) is 0 Å². The minimum Gasteiger partial charge on any atom is -0.329 e. The Balaban J connectivity index is 2.79. The van der Waals surface area contributed by atoms with Crippen molar-refractivity contribution in [1.29, 1.82) is 0 Å². The first-order valence-electron chi connectivity index (χ1n) is 4.37. The molecule has 1 aromatic rings. The summed E-state index contributed by atoms with van der Waals surface area (Å²) in [5.41, 5.74) is 6.07. The SMILES string of the molecule is CC(CN)S(=O)(=O)Cc1ccncc1. The van der Waals surface area contributed by atoms with E-state index in [0.717, 1.165) is 5.56 Å². The Bertz CT molecular complexity index is 375. The number of nitrogens with two attached hydrogens (primary N) is 1. The van der Waals surface area contributed by atoms with Crippen molar-refractivity contribution in [2.24, 2.45) is 5.73 Å². The Hall–Kier alpha value is -0.940. The zero-order valence-electron chi connectivity index (χ0n) is 8.05. The van der Waals surface area contributed by atoms with Crippen LogP contribution in [-0.2, 0) is 15.6 Å². The van der Waals surface area contributed by atoms with Gasteiger partial charge in [-0.15, -0.1) is 0 Å². The molecule has 2 N–H and O–H groups in total. The number of pyridine rings is 1. The highest BCUT2D eigenvalue weighted by atomic mass is 32.2. The van der Waals surface area contributed by atoms with Crippen molar-refractivity contribution in [2.45, 2.75) is 17.9 Å². The molecule has 0 aliphatic rings. The van der Waals surface area contributed by atoms with Crippen LogP contribution in [0.2, 0.25) is 0 Å². The monoisotopic (exact) mass is 214 g/mol. The van der Waals surface area contributed by atoms with E-state index in [4.69, 9.17) is 5.73 Å². The standard InChI is InChI=1S/C9H14N2O2S/c1-8(6-10)14(12,13)7-9-2-4-11-5-3-9/h2-5,8H,6-7,10H2,1H3. The van der Waals surface area contributed by atoms with Gasteiger partial charge in [-0.1, -0.05) is 0 Å². The second-order valence-electron chi connectivity index (χ2n) is 3.21. The van der Waals surface area contributed by atoms with E-state index in [0.29, 0.717) is 0 Å². The summed E-state index contributed by atoms with van der Waals surface area (Å²) in [5.74, 6) is 0.0356. The smallest absolute Gasteiger partial charge is 0.158 e. The molecular weight excluding hydrogens is 200 g/mol. The molecule has 78 valence electrons. The van der Waals surface area contributed by atoms with Gasteiger partial charge in [0.25, 0.3) is 0 Å². The van der Waals surface area contributed by atoms with Crippen LogP contribution in [0.15, 0.2) is 24.5 Å². The van der Waals surface area contributed by atoms with Crippen molar-refractivity contribution in [3.05, 3.63) is 30.1 Å². The second kappa shape index (κ2) is 4.52. The van der Waals surface area contributed by atoms with Crippen LogP contribution in [0.3, 0.4) is 0 Å². The summed E-state index contributed by atoms with van der Waals surface area (Å²) < 4.78 is 23.3.